The average molecular weight is 259 g/mol. The third-order valence-electron chi connectivity index (χ3n) is 3.84. The Labute approximate surface area is 114 Å². The summed E-state index contributed by atoms with van der Waals surface area (Å²) in [5, 5.41) is 8.59. The molecular formula is C16H21NO2. The fourth-order valence-corrected chi connectivity index (χ4v) is 2.67. The molecule has 1 N–H and O–H groups in total. The predicted molar refractivity (Wildman–Crippen MR) is 78.4 cm³/mol. The number of benzene rings is 1. The van der Waals surface area contributed by atoms with Crippen LogP contribution in [0.25, 0.3) is 6.08 Å². The third kappa shape index (κ3) is 3.85. The van der Waals surface area contributed by atoms with E-state index in [0.29, 0.717) is 6.04 Å². The van der Waals surface area contributed by atoms with Gasteiger partial charge in [0.1, 0.15) is 0 Å². The van der Waals surface area contributed by atoms with Crippen LogP contribution in [0.3, 0.4) is 0 Å². The molecule has 0 bridgehead atoms. The zero-order valence-corrected chi connectivity index (χ0v) is 11.4. The Hall–Kier alpha value is -1.77. The second-order valence-electron chi connectivity index (χ2n) is 5.17. The molecule has 0 saturated heterocycles. The molecule has 0 aromatic heterocycles. The van der Waals surface area contributed by atoms with Crippen molar-refractivity contribution >= 4 is 17.7 Å². The van der Waals surface area contributed by atoms with Crippen molar-refractivity contribution in [3.63, 3.8) is 0 Å². The first-order chi connectivity index (χ1) is 9.16. The van der Waals surface area contributed by atoms with Crippen LogP contribution >= 0.6 is 0 Å². The van der Waals surface area contributed by atoms with Gasteiger partial charge in [-0.25, -0.2) is 4.79 Å². The lowest BCUT2D eigenvalue weighted by atomic mass is 9.94. The summed E-state index contributed by atoms with van der Waals surface area (Å²) in [5.41, 5.74) is 2.13. The maximum Gasteiger partial charge on any atom is 0.328 e. The quantitative estimate of drug-likeness (QED) is 0.841. The van der Waals surface area contributed by atoms with E-state index in [4.69, 9.17) is 5.11 Å². The van der Waals surface area contributed by atoms with Gasteiger partial charge in [0, 0.05) is 24.9 Å². The van der Waals surface area contributed by atoms with E-state index in [1.54, 1.807) is 6.08 Å². The molecule has 3 nitrogen and oxygen atoms in total. The van der Waals surface area contributed by atoms with Crippen LogP contribution in [-0.4, -0.2) is 24.2 Å². The Bertz CT molecular complexity index is 444. The van der Waals surface area contributed by atoms with Gasteiger partial charge in [-0.2, -0.15) is 0 Å². The van der Waals surface area contributed by atoms with E-state index in [1.807, 2.05) is 12.1 Å². The Balaban J connectivity index is 2.02. The number of carboxylic acid groups (broad SMARTS) is 1. The molecule has 0 unspecified atom stereocenters. The number of carbonyl (C=O) groups is 1. The highest BCUT2D eigenvalue weighted by Gasteiger charge is 2.17. The van der Waals surface area contributed by atoms with Crippen molar-refractivity contribution in [3.8, 4) is 0 Å². The van der Waals surface area contributed by atoms with Crippen molar-refractivity contribution in [2.75, 3.05) is 11.9 Å². The van der Waals surface area contributed by atoms with Gasteiger partial charge in [0.05, 0.1) is 0 Å². The Kier molecular flexibility index (Phi) is 4.61. The molecule has 1 fully saturated rings. The largest absolute Gasteiger partial charge is 0.478 e. The summed E-state index contributed by atoms with van der Waals surface area (Å²) >= 11 is 0. The maximum absolute atomic E-state index is 10.5. The predicted octanol–water partition coefficient (Wildman–Crippen LogP) is 3.55. The lowest BCUT2D eigenvalue weighted by Crippen LogP contribution is -2.33. The van der Waals surface area contributed by atoms with Crippen LogP contribution in [0, 0.1) is 0 Å². The van der Waals surface area contributed by atoms with Gasteiger partial charge in [0.25, 0.3) is 0 Å². The van der Waals surface area contributed by atoms with Crippen LogP contribution < -0.4 is 4.90 Å². The number of anilines is 1. The second kappa shape index (κ2) is 6.41. The summed E-state index contributed by atoms with van der Waals surface area (Å²) in [5.74, 6) is -0.914. The molecule has 0 heterocycles. The van der Waals surface area contributed by atoms with Crippen molar-refractivity contribution in [1.29, 1.82) is 0 Å². The summed E-state index contributed by atoms with van der Waals surface area (Å²) in [4.78, 5) is 12.8. The lowest BCUT2D eigenvalue weighted by molar-refractivity contribution is -0.131. The van der Waals surface area contributed by atoms with Gasteiger partial charge in [0.2, 0.25) is 0 Å². The molecule has 0 spiro atoms. The van der Waals surface area contributed by atoms with Crippen molar-refractivity contribution in [2.45, 2.75) is 38.1 Å². The molecule has 0 aliphatic heterocycles. The molecule has 102 valence electrons. The molecule has 1 aliphatic carbocycles. The summed E-state index contributed by atoms with van der Waals surface area (Å²) in [6.45, 7) is 0. The highest BCUT2D eigenvalue weighted by molar-refractivity contribution is 5.85. The number of hydrogen-bond donors (Lipinski definition) is 1. The van der Waals surface area contributed by atoms with Crippen molar-refractivity contribution in [1.82, 2.24) is 0 Å². The third-order valence-corrected chi connectivity index (χ3v) is 3.84. The number of carboxylic acids is 1. The van der Waals surface area contributed by atoms with Gasteiger partial charge < -0.3 is 10.0 Å². The van der Waals surface area contributed by atoms with E-state index in [9.17, 15) is 4.79 Å². The van der Waals surface area contributed by atoms with Gasteiger partial charge in [-0.05, 0) is 36.6 Å². The van der Waals surface area contributed by atoms with Gasteiger partial charge >= 0.3 is 5.97 Å². The first kappa shape index (κ1) is 13.7. The van der Waals surface area contributed by atoms with Crippen molar-refractivity contribution in [2.24, 2.45) is 0 Å². The Morgan fingerprint density at radius 2 is 1.84 bits per heavy atom. The number of nitrogens with zero attached hydrogens (tertiary/aromatic N) is 1. The van der Waals surface area contributed by atoms with E-state index < -0.39 is 5.97 Å². The molecule has 1 aromatic carbocycles. The van der Waals surface area contributed by atoms with Crippen LogP contribution in [0.15, 0.2) is 30.3 Å². The smallest absolute Gasteiger partial charge is 0.328 e. The van der Waals surface area contributed by atoms with Crippen LogP contribution in [0.2, 0.25) is 0 Å². The Morgan fingerprint density at radius 1 is 1.21 bits per heavy atom. The standard InChI is InChI=1S/C16H21NO2/c1-17(14-5-3-2-4-6-14)15-10-7-13(8-11-15)9-12-16(18)19/h7-12,14H,2-6H2,1H3,(H,18,19)/b12-9+. The molecule has 1 aromatic rings. The fourth-order valence-electron chi connectivity index (χ4n) is 2.67. The summed E-state index contributed by atoms with van der Waals surface area (Å²) < 4.78 is 0. The van der Waals surface area contributed by atoms with Crippen molar-refractivity contribution < 1.29 is 9.90 Å². The monoisotopic (exact) mass is 259 g/mol. The van der Waals surface area contributed by atoms with Crippen LogP contribution in [0.4, 0.5) is 5.69 Å². The average Bonchev–Trinajstić information content (AvgIpc) is 2.46. The molecule has 1 saturated carbocycles. The molecule has 3 heteroatoms. The van der Waals surface area contributed by atoms with E-state index in [2.05, 4.69) is 24.1 Å². The minimum Gasteiger partial charge on any atom is -0.478 e. The van der Waals surface area contributed by atoms with Gasteiger partial charge in [-0.1, -0.05) is 31.4 Å². The van der Waals surface area contributed by atoms with Gasteiger partial charge in [-0.15, -0.1) is 0 Å². The second-order valence-corrected chi connectivity index (χ2v) is 5.17. The van der Waals surface area contributed by atoms with E-state index in [1.165, 1.54) is 43.9 Å². The summed E-state index contributed by atoms with van der Waals surface area (Å²) in [7, 11) is 2.15. The van der Waals surface area contributed by atoms with Crippen molar-refractivity contribution in [3.05, 3.63) is 35.9 Å². The highest BCUT2D eigenvalue weighted by Crippen LogP contribution is 2.26. The molecule has 1 aliphatic rings. The highest BCUT2D eigenvalue weighted by atomic mass is 16.4. The Morgan fingerprint density at radius 3 is 2.42 bits per heavy atom. The molecule has 0 radical (unpaired) electrons. The lowest BCUT2D eigenvalue weighted by Gasteiger charge is -2.33. The molecule has 0 amide bonds. The molecule has 0 atom stereocenters. The first-order valence-electron chi connectivity index (χ1n) is 6.91. The zero-order valence-electron chi connectivity index (χ0n) is 11.4. The van der Waals surface area contributed by atoms with Gasteiger partial charge in [0.15, 0.2) is 0 Å². The SMILES string of the molecule is CN(c1ccc(/C=C/C(=O)O)cc1)C1CCCCC1. The van der Waals surface area contributed by atoms with E-state index in [0.717, 1.165) is 5.56 Å². The van der Waals surface area contributed by atoms with E-state index in [-0.39, 0.29) is 0 Å². The summed E-state index contributed by atoms with van der Waals surface area (Å²) in [6.07, 6.45) is 9.35. The van der Waals surface area contributed by atoms with Crippen LogP contribution in [0.5, 0.6) is 0 Å². The number of aliphatic carboxylic acids is 1. The number of rotatable bonds is 4. The summed E-state index contributed by atoms with van der Waals surface area (Å²) in [6, 6.07) is 8.71. The number of hydrogen-bond acceptors (Lipinski definition) is 2. The molecule has 19 heavy (non-hydrogen) atoms. The van der Waals surface area contributed by atoms with Gasteiger partial charge in [-0.3, -0.25) is 0 Å². The normalized spacial score (nSPS) is 16.7. The first-order valence-corrected chi connectivity index (χ1v) is 6.91. The minimum atomic E-state index is -0.914. The fraction of sp³-hybridized carbons (Fsp3) is 0.438. The zero-order chi connectivity index (χ0) is 13.7. The molecule has 2 rings (SSSR count). The topological polar surface area (TPSA) is 40.5 Å². The minimum absolute atomic E-state index is 0.647. The van der Waals surface area contributed by atoms with Crippen LogP contribution in [0.1, 0.15) is 37.7 Å². The van der Waals surface area contributed by atoms with Crippen LogP contribution in [-0.2, 0) is 4.79 Å². The maximum atomic E-state index is 10.5. The van der Waals surface area contributed by atoms with E-state index >= 15 is 0 Å². The molecular weight excluding hydrogens is 238 g/mol.